The quantitative estimate of drug-likeness (QED) is 0.0994. The number of hydrogen-bond donors (Lipinski definition) is 5. The van der Waals surface area contributed by atoms with E-state index in [1.54, 1.807) is 6.20 Å². The fourth-order valence-electron chi connectivity index (χ4n) is 12.4. The predicted octanol–water partition coefficient (Wildman–Crippen LogP) is 17.4. The van der Waals surface area contributed by atoms with E-state index in [0.717, 1.165) is 124 Å². The Hall–Kier alpha value is -12.8. The van der Waals surface area contributed by atoms with Gasteiger partial charge < -0.3 is 27.8 Å². The van der Waals surface area contributed by atoms with Gasteiger partial charge in [0.15, 0.2) is 0 Å². The molecular weight excluding hydrogens is 1240 g/mol. The molecule has 0 bridgehead atoms. The van der Waals surface area contributed by atoms with Gasteiger partial charge in [0.05, 0.1) is 61.7 Å². The van der Waals surface area contributed by atoms with E-state index in [1.807, 2.05) is 78.4 Å². The highest BCUT2D eigenvalue weighted by Gasteiger charge is 2.14. The lowest BCUT2D eigenvalue weighted by Gasteiger charge is -2.08. The van der Waals surface area contributed by atoms with Crippen molar-refractivity contribution >= 4 is 96.4 Å². The van der Waals surface area contributed by atoms with Crippen LogP contribution in [-0.4, -0.2) is 73.9 Å². The van der Waals surface area contributed by atoms with Crippen LogP contribution in [-0.2, 0) is 12.8 Å². The maximum Gasteiger partial charge on any atom is 0.223 e. The minimum absolute atomic E-state index is 0.311. The van der Waals surface area contributed by atoms with Crippen LogP contribution in [0.3, 0.4) is 0 Å². The lowest BCUT2D eigenvalue weighted by Crippen LogP contribution is -1.99. The van der Waals surface area contributed by atoms with E-state index in [2.05, 4.69) is 267 Å². The Morgan fingerprint density at radius 2 is 0.640 bits per heavy atom. The van der Waals surface area contributed by atoms with Gasteiger partial charge in [0.25, 0.3) is 0 Å². The molecule has 17 rings (SSSR count). The number of fused-ring (bicyclic) bond motifs is 7. The molecule has 0 aliphatic heterocycles. The van der Waals surface area contributed by atoms with Crippen molar-refractivity contribution in [2.45, 2.75) is 61.3 Å². The van der Waals surface area contributed by atoms with Gasteiger partial charge in [0.2, 0.25) is 29.7 Å². The SMILES string of the molecule is CNc1nc(C)c2cc(-c3cccc(C)c3)ccc2n1.CNc1nc(C)c2cc(-c3cnc4c(c3)C=CC4)ccc2n1.Cc1cccc(-c2ccc3nc(N)nc(C)c3c2)c1.Cc1cccc(-c2ccc3nc(N)ncc3c2)c1.Cc1nc(N)nc2ccc(-c3cnc4c(c3)C=CC4)cc12. The van der Waals surface area contributed by atoms with Crippen LogP contribution < -0.4 is 27.8 Å². The topological polar surface area (TPSA) is 257 Å². The van der Waals surface area contributed by atoms with Crippen LogP contribution in [0.1, 0.15) is 62.0 Å². The molecule has 2 aliphatic carbocycles. The molecular formula is C83H75N17. The number of aryl methyl sites for hydroxylation is 7. The first-order valence-corrected chi connectivity index (χ1v) is 33.0. The van der Waals surface area contributed by atoms with Crippen molar-refractivity contribution in [1.82, 2.24) is 59.8 Å². The average molecular weight is 1310 g/mol. The standard InChI is InChI=1S/C18H16N4.C17H14N4.C17H17N3.C16H15N3.C15H13N3/c1-11-15-9-12(6-7-17(15)22-18(19-2)21-11)14-8-13-4-3-5-16(13)20-10-14;1-10-14-8-11(5-6-16(14)21-17(18)20-10)13-7-12-3-2-4-15(12)19-9-13;1-11-5-4-6-13(9-11)14-7-8-16-15(10-14)12(2)19-17(18-3)20-16;1-10-4-3-5-12(8-10)13-6-7-15-14(9-13)11(2)18-16(17)19-15;1-10-3-2-4-11(7-10)12-5-6-14-13(8-12)9-17-15(16)18-14/h3-4,6-10H,5H2,1-2H3,(H,19,21,22);2-3,5-9H,4H2,1H3,(H2,18,20,21);4-10H,1-3H3,(H,18,19,20);3-9H,1-2H3,(H2,17,18,19);2-9H,1H3,(H2,16,17,18). The zero-order valence-corrected chi connectivity index (χ0v) is 57.3. The molecule has 2 aliphatic rings. The number of anilines is 5. The average Bonchev–Trinajstić information content (AvgIpc) is 1.18. The monoisotopic (exact) mass is 1310 g/mol. The van der Waals surface area contributed by atoms with Gasteiger partial charge in [-0.15, -0.1) is 0 Å². The van der Waals surface area contributed by atoms with Crippen molar-refractivity contribution in [2.75, 3.05) is 41.9 Å². The number of nitrogens with one attached hydrogen (secondary N) is 2. The van der Waals surface area contributed by atoms with Crippen LogP contribution >= 0.6 is 0 Å². The molecule has 0 amide bonds. The van der Waals surface area contributed by atoms with Crippen molar-refractivity contribution in [1.29, 1.82) is 0 Å². The number of allylic oxidation sites excluding steroid dienone is 2. The first-order chi connectivity index (χ1) is 48.5. The maximum atomic E-state index is 5.70. The van der Waals surface area contributed by atoms with Crippen molar-refractivity contribution in [3.05, 3.63) is 269 Å². The third kappa shape index (κ3) is 14.9. The van der Waals surface area contributed by atoms with E-state index in [1.165, 1.54) is 61.2 Å². The number of nitrogen functional groups attached to an aromatic ring is 3. The van der Waals surface area contributed by atoms with Gasteiger partial charge in [-0.25, -0.2) is 49.8 Å². The predicted molar refractivity (Wildman–Crippen MR) is 411 cm³/mol. The van der Waals surface area contributed by atoms with Crippen LogP contribution in [0.4, 0.5) is 29.7 Å². The summed E-state index contributed by atoms with van der Waals surface area (Å²) < 4.78 is 0. The normalized spacial score (nSPS) is 11.6. The second kappa shape index (κ2) is 28.9. The summed E-state index contributed by atoms with van der Waals surface area (Å²) in [6, 6.07) is 60.9. The summed E-state index contributed by atoms with van der Waals surface area (Å²) in [6.07, 6.45) is 16.1. The number of hydrogen-bond acceptors (Lipinski definition) is 17. The molecule has 8 aromatic carbocycles. The Morgan fingerprint density at radius 3 is 1.03 bits per heavy atom. The second-order valence-corrected chi connectivity index (χ2v) is 24.9. The minimum atomic E-state index is 0.311. The largest absolute Gasteiger partial charge is 0.368 e. The highest BCUT2D eigenvalue weighted by Crippen LogP contribution is 2.33. The Morgan fingerprint density at radius 1 is 0.300 bits per heavy atom. The summed E-state index contributed by atoms with van der Waals surface area (Å²) in [7, 11) is 3.67. The van der Waals surface area contributed by atoms with Crippen LogP contribution in [0.15, 0.2) is 207 Å². The van der Waals surface area contributed by atoms with Crippen molar-refractivity contribution in [3.8, 4) is 55.6 Å². The second-order valence-electron chi connectivity index (χ2n) is 24.9. The molecule has 0 radical (unpaired) electrons. The molecule has 17 heteroatoms. The minimum Gasteiger partial charge on any atom is -0.368 e. The maximum absolute atomic E-state index is 5.70. The number of pyridine rings is 2. The molecule has 492 valence electrons. The molecule has 0 fully saturated rings. The molecule has 0 spiro atoms. The lowest BCUT2D eigenvalue weighted by molar-refractivity contribution is 1.13. The van der Waals surface area contributed by atoms with Crippen molar-refractivity contribution < 1.29 is 0 Å². The molecule has 15 aromatic rings. The summed E-state index contributed by atoms with van der Waals surface area (Å²) in [5.41, 5.74) is 45.5. The summed E-state index contributed by atoms with van der Waals surface area (Å²) in [6.45, 7) is 14.2. The van der Waals surface area contributed by atoms with Crippen LogP contribution in [0.2, 0.25) is 0 Å². The molecule has 0 atom stereocenters. The number of benzene rings is 8. The van der Waals surface area contributed by atoms with Gasteiger partial charge in [-0.2, -0.15) is 0 Å². The summed E-state index contributed by atoms with van der Waals surface area (Å²) in [5.74, 6) is 2.27. The van der Waals surface area contributed by atoms with Gasteiger partial charge in [-0.05, 0) is 177 Å². The molecule has 0 saturated carbocycles. The molecule has 0 saturated heterocycles. The molecule has 17 nitrogen and oxygen atoms in total. The Balaban J connectivity index is 0.000000112. The van der Waals surface area contributed by atoms with E-state index in [-0.39, 0.29) is 0 Å². The van der Waals surface area contributed by atoms with E-state index in [0.29, 0.717) is 29.7 Å². The van der Waals surface area contributed by atoms with Gasteiger partial charge in [-0.1, -0.05) is 144 Å². The zero-order valence-electron chi connectivity index (χ0n) is 57.3. The smallest absolute Gasteiger partial charge is 0.223 e. The highest BCUT2D eigenvalue weighted by molar-refractivity contribution is 5.91. The van der Waals surface area contributed by atoms with Crippen LogP contribution in [0.25, 0.3) is 122 Å². The molecule has 7 heterocycles. The molecule has 7 aromatic heterocycles. The van der Waals surface area contributed by atoms with E-state index in [4.69, 9.17) is 17.2 Å². The van der Waals surface area contributed by atoms with E-state index < -0.39 is 0 Å². The van der Waals surface area contributed by atoms with E-state index in [9.17, 15) is 0 Å². The molecule has 8 N–H and O–H groups in total. The summed E-state index contributed by atoms with van der Waals surface area (Å²) >= 11 is 0. The van der Waals surface area contributed by atoms with Crippen LogP contribution in [0, 0.1) is 48.5 Å². The van der Waals surface area contributed by atoms with Crippen molar-refractivity contribution in [3.63, 3.8) is 0 Å². The third-order valence-electron chi connectivity index (χ3n) is 17.6. The van der Waals surface area contributed by atoms with E-state index >= 15 is 0 Å². The first kappa shape index (κ1) is 65.9. The fraction of sp³-hybridized carbons (Fsp3) is 0.133. The summed E-state index contributed by atoms with van der Waals surface area (Å²) in [5, 5.41) is 11.2. The van der Waals surface area contributed by atoms with Gasteiger partial charge in [-0.3, -0.25) is 9.97 Å². The number of aromatic nitrogens is 12. The molecule has 100 heavy (non-hydrogen) atoms. The number of nitrogens with two attached hydrogens (primary N) is 3. The molecule has 0 unspecified atom stereocenters. The first-order valence-electron chi connectivity index (χ1n) is 33.0. The van der Waals surface area contributed by atoms with Crippen molar-refractivity contribution in [2.24, 2.45) is 0 Å². The highest BCUT2D eigenvalue weighted by atomic mass is 15.1. The zero-order chi connectivity index (χ0) is 69.6. The Labute approximate surface area is 580 Å². The fourth-order valence-corrected chi connectivity index (χ4v) is 12.4. The lowest BCUT2D eigenvalue weighted by atomic mass is 10.0. The summed E-state index contributed by atoms with van der Waals surface area (Å²) in [4.78, 5) is 52.2. The number of nitrogens with zero attached hydrogens (tertiary/aromatic N) is 12. The van der Waals surface area contributed by atoms with Gasteiger partial charge in [0, 0.05) is 83.6 Å². The van der Waals surface area contributed by atoms with Gasteiger partial charge >= 0.3 is 0 Å². The third-order valence-corrected chi connectivity index (χ3v) is 17.6. The van der Waals surface area contributed by atoms with Gasteiger partial charge in [0.1, 0.15) is 0 Å². The Bertz CT molecular complexity index is 5690. The Kier molecular flexibility index (Phi) is 19.0. The number of rotatable bonds is 7. The van der Waals surface area contributed by atoms with Crippen LogP contribution in [0.5, 0.6) is 0 Å².